The predicted molar refractivity (Wildman–Crippen MR) is 71.3 cm³/mol. The van der Waals surface area contributed by atoms with Crippen LogP contribution in [0.1, 0.15) is 30.5 Å². The number of hydrogen-bond donors (Lipinski definition) is 1. The number of piperazine rings is 1. The summed E-state index contributed by atoms with van der Waals surface area (Å²) in [6, 6.07) is 0. The molecular formula is C13H21N3S. The highest BCUT2D eigenvalue weighted by atomic mass is 32.1. The molecule has 1 atom stereocenters. The molecule has 4 heteroatoms. The first-order valence-corrected chi connectivity index (χ1v) is 7.43. The Morgan fingerprint density at radius 1 is 1.59 bits per heavy atom. The Morgan fingerprint density at radius 2 is 2.41 bits per heavy atom. The summed E-state index contributed by atoms with van der Waals surface area (Å²) in [7, 11) is 0. The van der Waals surface area contributed by atoms with Crippen LogP contribution in [0.4, 0.5) is 0 Å². The molecule has 3 nitrogen and oxygen atoms in total. The van der Waals surface area contributed by atoms with E-state index in [0.29, 0.717) is 5.54 Å². The molecule has 0 aromatic carbocycles. The molecule has 2 aliphatic rings. The van der Waals surface area contributed by atoms with Gasteiger partial charge in [0, 0.05) is 37.1 Å². The summed E-state index contributed by atoms with van der Waals surface area (Å²) in [5.41, 5.74) is 1.61. The maximum Gasteiger partial charge on any atom is 0.0897 e. The van der Waals surface area contributed by atoms with Crippen LogP contribution in [0.15, 0.2) is 5.38 Å². The highest BCUT2D eigenvalue weighted by Crippen LogP contribution is 2.43. The largest absolute Gasteiger partial charge is 0.314 e. The summed E-state index contributed by atoms with van der Waals surface area (Å²) in [4.78, 5) is 7.25. The van der Waals surface area contributed by atoms with Crippen molar-refractivity contribution in [2.45, 2.75) is 38.8 Å². The first-order valence-electron chi connectivity index (χ1n) is 6.55. The third-order valence-corrected chi connectivity index (χ3v) is 5.06. The molecule has 17 heavy (non-hydrogen) atoms. The standard InChI is InChI=1S/C13H21N3S/c1-10-15-12(8-17-10)7-16-6-5-14-9-13(16,2)11-3-4-11/h8,11,14H,3-7,9H2,1-2H3. The second-order valence-corrected chi connectivity index (χ2v) is 6.65. The van der Waals surface area contributed by atoms with E-state index in [9.17, 15) is 0 Å². The van der Waals surface area contributed by atoms with E-state index in [4.69, 9.17) is 0 Å². The first kappa shape index (κ1) is 11.6. The van der Waals surface area contributed by atoms with E-state index in [2.05, 4.69) is 34.4 Å². The summed E-state index contributed by atoms with van der Waals surface area (Å²) >= 11 is 1.76. The van der Waals surface area contributed by atoms with Crippen molar-refractivity contribution in [3.8, 4) is 0 Å². The highest BCUT2D eigenvalue weighted by molar-refractivity contribution is 7.09. The number of aromatic nitrogens is 1. The Balaban J connectivity index is 1.75. The summed E-state index contributed by atoms with van der Waals surface area (Å²) in [5, 5.41) is 6.95. The van der Waals surface area contributed by atoms with E-state index in [-0.39, 0.29) is 0 Å². The van der Waals surface area contributed by atoms with Gasteiger partial charge in [0.05, 0.1) is 10.7 Å². The van der Waals surface area contributed by atoms with Crippen LogP contribution in [-0.2, 0) is 6.54 Å². The van der Waals surface area contributed by atoms with Crippen molar-refractivity contribution in [2.24, 2.45) is 5.92 Å². The lowest BCUT2D eigenvalue weighted by Gasteiger charge is -2.45. The van der Waals surface area contributed by atoms with Gasteiger partial charge in [-0.3, -0.25) is 4.90 Å². The minimum atomic E-state index is 0.357. The molecule has 94 valence electrons. The third kappa shape index (κ3) is 2.26. The zero-order valence-corrected chi connectivity index (χ0v) is 11.5. The number of nitrogens with one attached hydrogen (secondary N) is 1. The number of thiazole rings is 1. The number of nitrogens with zero attached hydrogens (tertiary/aromatic N) is 2. The van der Waals surface area contributed by atoms with Gasteiger partial charge >= 0.3 is 0 Å². The average Bonchev–Trinajstić information content (AvgIpc) is 3.08. The minimum absolute atomic E-state index is 0.357. The van der Waals surface area contributed by atoms with Gasteiger partial charge < -0.3 is 5.32 Å². The monoisotopic (exact) mass is 251 g/mol. The van der Waals surface area contributed by atoms with Crippen molar-refractivity contribution in [1.29, 1.82) is 0 Å². The summed E-state index contributed by atoms with van der Waals surface area (Å²) in [5.74, 6) is 0.898. The van der Waals surface area contributed by atoms with Gasteiger partial charge in [0.1, 0.15) is 0 Å². The molecule has 2 heterocycles. The van der Waals surface area contributed by atoms with Crippen LogP contribution in [-0.4, -0.2) is 35.1 Å². The van der Waals surface area contributed by atoms with Gasteiger partial charge in [-0.05, 0) is 32.6 Å². The second-order valence-electron chi connectivity index (χ2n) is 5.59. The molecule has 0 amide bonds. The van der Waals surface area contributed by atoms with E-state index in [0.717, 1.165) is 32.1 Å². The number of hydrogen-bond acceptors (Lipinski definition) is 4. The van der Waals surface area contributed by atoms with Gasteiger partial charge in [-0.25, -0.2) is 4.98 Å². The van der Waals surface area contributed by atoms with Gasteiger partial charge in [-0.2, -0.15) is 0 Å². The number of aryl methyl sites for hydroxylation is 1. The van der Waals surface area contributed by atoms with E-state index in [1.807, 2.05) is 0 Å². The van der Waals surface area contributed by atoms with Crippen LogP contribution < -0.4 is 5.32 Å². The third-order valence-electron chi connectivity index (χ3n) is 4.24. The molecule has 1 saturated carbocycles. The quantitative estimate of drug-likeness (QED) is 0.891. The molecule has 1 aliphatic heterocycles. The van der Waals surface area contributed by atoms with Crippen LogP contribution in [0.3, 0.4) is 0 Å². The molecular weight excluding hydrogens is 230 g/mol. The lowest BCUT2D eigenvalue weighted by Crippen LogP contribution is -2.60. The SMILES string of the molecule is Cc1nc(CN2CCNCC2(C)C2CC2)cs1. The Bertz CT molecular complexity index is 399. The molecule has 1 unspecified atom stereocenters. The topological polar surface area (TPSA) is 28.2 Å². The Morgan fingerprint density at radius 3 is 3.06 bits per heavy atom. The van der Waals surface area contributed by atoms with E-state index in [1.165, 1.54) is 23.5 Å². The Hall–Kier alpha value is -0.450. The van der Waals surface area contributed by atoms with Gasteiger partial charge in [-0.1, -0.05) is 0 Å². The normalized spacial score (nSPS) is 30.7. The molecule has 1 N–H and O–H groups in total. The van der Waals surface area contributed by atoms with Crippen molar-refractivity contribution in [1.82, 2.24) is 15.2 Å². The maximum absolute atomic E-state index is 4.61. The molecule has 1 aliphatic carbocycles. The fourth-order valence-electron chi connectivity index (χ4n) is 2.97. The molecule has 0 radical (unpaired) electrons. The second kappa shape index (κ2) is 4.34. The van der Waals surface area contributed by atoms with Gasteiger partial charge in [0.15, 0.2) is 0 Å². The van der Waals surface area contributed by atoms with Gasteiger partial charge in [0.2, 0.25) is 0 Å². The molecule has 3 rings (SSSR count). The predicted octanol–water partition coefficient (Wildman–Crippen LogP) is 2.03. The van der Waals surface area contributed by atoms with Gasteiger partial charge in [0.25, 0.3) is 0 Å². The molecule has 0 bridgehead atoms. The van der Waals surface area contributed by atoms with Crippen molar-refractivity contribution in [3.63, 3.8) is 0 Å². The average molecular weight is 251 g/mol. The Labute approximate surface area is 107 Å². The molecule has 2 fully saturated rings. The van der Waals surface area contributed by atoms with Crippen molar-refractivity contribution in [3.05, 3.63) is 16.1 Å². The van der Waals surface area contributed by atoms with Crippen LogP contribution in [0, 0.1) is 12.8 Å². The lowest BCUT2D eigenvalue weighted by atomic mass is 9.91. The van der Waals surface area contributed by atoms with E-state index >= 15 is 0 Å². The fourth-order valence-corrected chi connectivity index (χ4v) is 3.57. The summed E-state index contributed by atoms with van der Waals surface area (Å²) in [6.45, 7) is 8.96. The van der Waals surface area contributed by atoms with E-state index in [1.54, 1.807) is 11.3 Å². The lowest BCUT2D eigenvalue weighted by molar-refractivity contribution is 0.0474. The summed E-state index contributed by atoms with van der Waals surface area (Å²) < 4.78 is 0. The van der Waals surface area contributed by atoms with Crippen molar-refractivity contribution < 1.29 is 0 Å². The summed E-state index contributed by atoms with van der Waals surface area (Å²) in [6.07, 6.45) is 2.82. The Kier molecular flexibility index (Phi) is 2.97. The first-order chi connectivity index (χ1) is 8.18. The smallest absolute Gasteiger partial charge is 0.0897 e. The van der Waals surface area contributed by atoms with E-state index < -0.39 is 0 Å². The zero-order chi connectivity index (χ0) is 11.9. The van der Waals surface area contributed by atoms with Crippen LogP contribution in [0.5, 0.6) is 0 Å². The fraction of sp³-hybridized carbons (Fsp3) is 0.769. The maximum atomic E-state index is 4.61. The number of rotatable bonds is 3. The van der Waals surface area contributed by atoms with Crippen molar-refractivity contribution >= 4 is 11.3 Å². The van der Waals surface area contributed by atoms with Crippen LogP contribution in [0.2, 0.25) is 0 Å². The highest BCUT2D eigenvalue weighted by Gasteiger charge is 2.46. The van der Waals surface area contributed by atoms with Crippen molar-refractivity contribution in [2.75, 3.05) is 19.6 Å². The van der Waals surface area contributed by atoms with Gasteiger partial charge in [-0.15, -0.1) is 11.3 Å². The minimum Gasteiger partial charge on any atom is -0.314 e. The molecule has 1 aromatic heterocycles. The van der Waals surface area contributed by atoms with Crippen LogP contribution in [0.25, 0.3) is 0 Å². The van der Waals surface area contributed by atoms with Crippen LogP contribution >= 0.6 is 11.3 Å². The zero-order valence-electron chi connectivity index (χ0n) is 10.7. The molecule has 1 aromatic rings. The molecule has 1 saturated heterocycles. The molecule has 0 spiro atoms.